The summed E-state index contributed by atoms with van der Waals surface area (Å²) in [4.78, 5) is 0. The highest BCUT2D eigenvalue weighted by Gasteiger charge is 1.73. The van der Waals surface area contributed by atoms with Crippen LogP contribution in [0.1, 0.15) is 6.92 Å². The van der Waals surface area contributed by atoms with Crippen molar-refractivity contribution in [3.63, 3.8) is 0 Å². The van der Waals surface area contributed by atoms with E-state index >= 15 is 0 Å². The maximum atomic E-state index is 2.27. The van der Waals surface area contributed by atoms with Gasteiger partial charge < -0.3 is 0 Å². The van der Waals surface area contributed by atoms with Gasteiger partial charge in [-0.05, 0) is 18.7 Å². The average molecular weight is 122 g/mol. The molecule has 0 fully saturated rings. The van der Waals surface area contributed by atoms with Crippen LogP contribution in [-0.4, -0.2) is 18.7 Å². The first-order valence-electron chi connectivity index (χ1n) is 2.27. The summed E-state index contributed by atoms with van der Waals surface area (Å²) in [6.45, 7) is 4.52. The van der Waals surface area contributed by atoms with Gasteiger partial charge in [-0.2, -0.15) is 0 Å². The Morgan fingerprint density at radius 1 is 1.50 bits per heavy atom. The van der Waals surface area contributed by atoms with Crippen LogP contribution in [0.25, 0.3) is 0 Å². The van der Waals surface area contributed by atoms with E-state index in [0.717, 1.165) is 0 Å². The lowest BCUT2D eigenvalue weighted by Gasteiger charge is -1.87. The Hall–Kier alpha value is 0.860. The van der Waals surface area contributed by atoms with E-state index in [-0.39, 0.29) is 0 Å². The van der Waals surface area contributed by atoms with E-state index in [1.807, 2.05) is 0 Å². The van der Waals surface area contributed by atoms with Crippen LogP contribution in [0, 0.1) is 0 Å². The predicted molar refractivity (Wildman–Crippen MR) is 38.0 cm³/mol. The summed E-state index contributed by atoms with van der Waals surface area (Å²) in [6, 6.07) is 0. The third-order valence-electron chi connectivity index (χ3n) is 0.552. The average Bonchev–Trinajstić information content (AvgIpc) is 1.61. The first-order valence-corrected chi connectivity index (χ1v) is 5.39. The normalized spacial score (nSPS) is 13.0. The highest BCUT2D eigenvalue weighted by Crippen LogP contribution is 2.18. The Balaban J connectivity index is 2.34. The van der Waals surface area contributed by atoms with Crippen molar-refractivity contribution in [3.05, 3.63) is 0 Å². The highest BCUT2D eigenvalue weighted by molar-refractivity contribution is 7.55. The summed E-state index contributed by atoms with van der Waals surface area (Å²) in [5.74, 6) is 1.47. The number of hydrogen-bond acceptors (Lipinski definition) is 0. The monoisotopic (exact) mass is 122 g/mol. The second kappa shape index (κ2) is 5.86. The zero-order chi connectivity index (χ0) is 4.83. The summed E-state index contributed by atoms with van der Waals surface area (Å²) < 4.78 is 0. The minimum absolute atomic E-state index is 1.18. The Bertz CT molecular complexity index is 17.5. The third kappa shape index (κ3) is 4.86. The zero-order valence-electron chi connectivity index (χ0n) is 4.41. The van der Waals surface area contributed by atoms with Crippen LogP contribution in [0.2, 0.25) is 0 Å². The fourth-order valence-corrected chi connectivity index (χ4v) is 2.25. The lowest BCUT2D eigenvalue weighted by atomic mass is 11.0. The first-order chi connectivity index (χ1) is 2.91. The number of hydrogen-bond donors (Lipinski definition) is 0. The van der Waals surface area contributed by atoms with Crippen molar-refractivity contribution in [2.75, 3.05) is 18.7 Å². The van der Waals surface area contributed by atoms with Gasteiger partial charge in [0.2, 0.25) is 0 Å². The maximum Gasteiger partial charge on any atom is -0.0178 e. The van der Waals surface area contributed by atoms with Gasteiger partial charge >= 0.3 is 0 Å². The van der Waals surface area contributed by atoms with E-state index in [0.29, 0.717) is 0 Å². The molecule has 0 heterocycles. The molecule has 0 aliphatic heterocycles. The Morgan fingerprint density at radius 2 is 2.17 bits per heavy atom. The SMILES string of the molecule is CCPCPC. The molecule has 0 saturated heterocycles. The van der Waals surface area contributed by atoms with Crippen molar-refractivity contribution in [2.45, 2.75) is 6.92 Å². The van der Waals surface area contributed by atoms with Crippen LogP contribution in [0.15, 0.2) is 0 Å². The molecule has 0 bridgehead atoms. The molecular weight excluding hydrogens is 110 g/mol. The van der Waals surface area contributed by atoms with Crippen molar-refractivity contribution in [1.82, 2.24) is 0 Å². The molecule has 0 aliphatic rings. The minimum atomic E-state index is 1.18. The van der Waals surface area contributed by atoms with Gasteiger partial charge in [0.15, 0.2) is 0 Å². The molecule has 2 atom stereocenters. The van der Waals surface area contributed by atoms with Gasteiger partial charge in [0.05, 0.1) is 0 Å². The highest BCUT2D eigenvalue weighted by atomic mass is 31.1. The molecule has 0 amide bonds. The van der Waals surface area contributed by atoms with Crippen molar-refractivity contribution in [1.29, 1.82) is 0 Å². The van der Waals surface area contributed by atoms with Crippen molar-refractivity contribution in [2.24, 2.45) is 0 Å². The van der Waals surface area contributed by atoms with E-state index < -0.39 is 0 Å². The molecule has 0 aromatic rings. The van der Waals surface area contributed by atoms with Gasteiger partial charge in [0.1, 0.15) is 0 Å². The quantitative estimate of drug-likeness (QED) is 0.396. The molecule has 0 spiro atoms. The number of rotatable bonds is 3. The molecule has 0 N–H and O–H groups in total. The molecule has 0 aromatic heterocycles. The fraction of sp³-hybridized carbons (Fsp3) is 1.00. The first kappa shape index (κ1) is 6.86. The molecule has 38 valence electrons. The molecule has 6 heavy (non-hydrogen) atoms. The molecule has 0 aliphatic carbocycles. The summed E-state index contributed by atoms with van der Waals surface area (Å²) in [5, 5.41) is 0. The van der Waals surface area contributed by atoms with Crippen LogP contribution >= 0.6 is 17.2 Å². The van der Waals surface area contributed by atoms with Gasteiger partial charge in [-0.1, -0.05) is 6.92 Å². The lowest BCUT2D eigenvalue weighted by molar-refractivity contribution is 1.52. The zero-order valence-corrected chi connectivity index (χ0v) is 6.41. The fourth-order valence-electron chi connectivity index (χ4n) is 0.250. The standard InChI is InChI=1S/C4H12P2/c1-3-6-4-5-2/h5-6H,3-4H2,1-2H3. The molecular formula is C4H12P2. The molecule has 0 rings (SSSR count). The van der Waals surface area contributed by atoms with Crippen LogP contribution in [0.3, 0.4) is 0 Å². The van der Waals surface area contributed by atoms with Crippen LogP contribution in [0.5, 0.6) is 0 Å². The molecule has 2 heteroatoms. The largest absolute Gasteiger partial charge is 0.121 e. The smallest absolute Gasteiger partial charge is 0.0178 e. The van der Waals surface area contributed by atoms with Crippen molar-refractivity contribution < 1.29 is 0 Å². The summed E-state index contributed by atoms with van der Waals surface area (Å²) in [6.07, 6.45) is 1.39. The Labute approximate surface area is 43.7 Å². The molecule has 0 radical (unpaired) electrons. The van der Waals surface area contributed by atoms with E-state index in [2.05, 4.69) is 13.6 Å². The minimum Gasteiger partial charge on any atom is -0.121 e. The Morgan fingerprint density at radius 3 is 2.33 bits per heavy atom. The second-order valence-corrected chi connectivity index (χ2v) is 4.46. The van der Waals surface area contributed by atoms with E-state index in [4.69, 9.17) is 0 Å². The van der Waals surface area contributed by atoms with Crippen molar-refractivity contribution >= 4 is 17.2 Å². The van der Waals surface area contributed by atoms with Gasteiger partial charge in [-0.15, -0.1) is 17.2 Å². The van der Waals surface area contributed by atoms with E-state index in [9.17, 15) is 0 Å². The predicted octanol–water partition coefficient (Wildman–Crippen LogP) is 1.95. The lowest BCUT2D eigenvalue weighted by Crippen LogP contribution is -1.59. The second-order valence-electron chi connectivity index (χ2n) is 1.13. The third-order valence-corrected chi connectivity index (χ3v) is 3.47. The van der Waals surface area contributed by atoms with Gasteiger partial charge in [-0.3, -0.25) is 0 Å². The van der Waals surface area contributed by atoms with E-state index in [1.54, 1.807) is 0 Å². The molecule has 0 saturated carbocycles. The molecule has 0 nitrogen and oxygen atoms in total. The van der Waals surface area contributed by atoms with Crippen molar-refractivity contribution in [3.8, 4) is 0 Å². The van der Waals surface area contributed by atoms with Crippen LogP contribution < -0.4 is 0 Å². The molecule has 0 aromatic carbocycles. The van der Waals surface area contributed by atoms with Gasteiger partial charge in [0.25, 0.3) is 0 Å². The maximum absolute atomic E-state index is 2.27. The van der Waals surface area contributed by atoms with Gasteiger partial charge in [0, 0.05) is 0 Å². The summed E-state index contributed by atoms with van der Waals surface area (Å²) >= 11 is 0. The molecule has 2 unspecified atom stereocenters. The summed E-state index contributed by atoms with van der Waals surface area (Å²) in [5.41, 5.74) is 0. The van der Waals surface area contributed by atoms with E-state index in [1.165, 1.54) is 29.2 Å². The topological polar surface area (TPSA) is 0 Å². The van der Waals surface area contributed by atoms with Gasteiger partial charge in [-0.25, -0.2) is 0 Å². The van der Waals surface area contributed by atoms with Crippen LogP contribution in [-0.2, 0) is 0 Å². The van der Waals surface area contributed by atoms with Crippen LogP contribution in [0.4, 0.5) is 0 Å². The summed E-state index contributed by atoms with van der Waals surface area (Å²) in [7, 11) is 2.40. The Kier molecular flexibility index (Phi) is 6.70.